The van der Waals surface area contributed by atoms with Gasteiger partial charge < -0.3 is 0 Å². The summed E-state index contributed by atoms with van der Waals surface area (Å²) in [7, 11) is 0. The third-order valence-electron chi connectivity index (χ3n) is 4.16. The number of nitrogens with zero attached hydrogens (tertiary/aromatic N) is 2. The van der Waals surface area contributed by atoms with Gasteiger partial charge in [0.2, 0.25) is 0 Å². The Morgan fingerprint density at radius 1 is 1.11 bits per heavy atom. The van der Waals surface area contributed by atoms with Crippen molar-refractivity contribution in [3.63, 3.8) is 0 Å². The van der Waals surface area contributed by atoms with Crippen LogP contribution in [0, 0.1) is 6.92 Å². The summed E-state index contributed by atoms with van der Waals surface area (Å²) in [6.07, 6.45) is 0. The van der Waals surface area contributed by atoms with Gasteiger partial charge in [0, 0.05) is 15.8 Å². The Labute approximate surface area is 174 Å². The van der Waals surface area contributed by atoms with Crippen molar-refractivity contribution in [2.75, 3.05) is 0 Å². The predicted octanol–water partition coefficient (Wildman–Crippen LogP) is 6.35. The van der Waals surface area contributed by atoms with E-state index in [9.17, 15) is 4.79 Å². The standard InChI is InChI=1S/C20H14Cl2N2OS2/c1-12-10-14(6-7-15(12)21)24-19(25)18-17(8-9-26-18)23-20(24)27-11-13-4-2-3-5-16(13)22/h2-10H,11H2,1H3. The minimum absolute atomic E-state index is 0.0709. The lowest BCUT2D eigenvalue weighted by Gasteiger charge is -2.13. The molecule has 3 nitrogen and oxygen atoms in total. The molecule has 4 rings (SSSR count). The molecule has 0 atom stereocenters. The van der Waals surface area contributed by atoms with Gasteiger partial charge >= 0.3 is 0 Å². The molecule has 0 aliphatic rings. The van der Waals surface area contributed by atoms with Crippen molar-refractivity contribution in [3.05, 3.63) is 85.4 Å². The van der Waals surface area contributed by atoms with Crippen LogP contribution in [0.1, 0.15) is 11.1 Å². The molecule has 0 saturated carbocycles. The summed E-state index contributed by atoms with van der Waals surface area (Å²) in [5.74, 6) is 0.619. The smallest absolute Gasteiger partial charge is 0.267 e. The molecule has 0 radical (unpaired) electrons. The topological polar surface area (TPSA) is 34.9 Å². The van der Waals surface area contributed by atoms with Crippen molar-refractivity contribution in [2.45, 2.75) is 17.8 Å². The molecular formula is C20H14Cl2N2OS2. The quantitative estimate of drug-likeness (QED) is 0.278. The molecule has 2 aromatic carbocycles. The molecule has 0 aliphatic carbocycles. The van der Waals surface area contributed by atoms with Crippen molar-refractivity contribution in [1.82, 2.24) is 9.55 Å². The van der Waals surface area contributed by atoms with E-state index in [1.165, 1.54) is 23.1 Å². The number of aromatic nitrogens is 2. The SMILES string of the molecule is Cc1cc(-n2c(SCc3ccccc3Cl)nc3ccsc3c2=O)ccc1Cl. The van der Waals surface area contributed by atoms with Crippen LogP contribution < -0.4 is 5.56 Å². The second-order valence-electron chi connectivity index (χ2n) is 5.98. The minimum Gasteiger partial charge on any atom is -0.267 e. The van der Waals surface area contributed by atoms with Gasteiger partial charge in [0.1, 0.15) is 4.70 Å². The summed E-state index contributed by atoms with van der Waals surface area (Å²) in [5, 5.41) is 3.89. The van der Waals surface area contributed by atoms with E-state index < -0.39 is 0 Å². The van der Waals surface area contributed by atoms with Crippen molar-refractivity contribution >= 4 is 56.5 Å². The van der Waals surface area contributed by atoms with Crippen LogP contribution in [-0.4, -0.2) is 9.55 Å². The average Bonchev–Trinajstić information content (AvgIpc) is 3.13. The zero-order chi connectivity index (χ0) is 19.0. The second kappa shape index (κ2) is 7.68. The molecule has 27 heavy (non-hydrogen) atoms. The van der Waals surface area contributed by atoms with E-state index >= 15 is 0 Å². The highest BCUT2D eigenvalue weighted by Crippen LogP contribution is 2.29. The Bertz CT molecular complexity index is 1200. The van der Waals surface area contributed by atoms with E-state index in [2.05, 4.69) is 0 Å². The molecule has 0 amide bonds. The van der Waals surface area contributed by atoms with Crippen LogP contribution in [0.2, 0.25) is 10.0 Å². The van der Waals surface area contributed by atoms with E-state index in [-0.39, 0.29) is 5.56 Å². The van der Waals surface area contributed by atoms with Crippen LogP contribution in [0.15, 0.2) is 63.9 Å². The second-order valence-corrected chi connectivity index (χ2v) is 8.66. The molecule has 0 saturated heterocycles. The van der Waals surface area contributed by atoms with Gasteiger partial charge in [-0.25, -0.2) is 4.98 Å². The Balaban J connectivity index is 1.84. The van der Waals surface area contributed by atoms with Crippen LogP contribution in [0.3, 0.4) is 0 Å². The number of rotatable bonds is 4. The van der Waals surface area contributed by atoms with Crippen molar-refractivity contribution in [2.24, 2.45) is 0 Å². The Morgan fingerprint density at radius 2 is 1.93 bits per heavy atom. The lowest BCUT2D eigenvalue weighted by molar-refractivity contribution is 0.821. The summed E-state index contributed by atoms with van der Waals surface area (Å²) in [6.45, 7) is 1.92. The van der Waals surface area contributed by atoms with Crippen LogP contribution in [0.4, 0.5) is 0 Å². The average molecular weight is 433 g/mol. The molecule has 0 fully saturated rings. The lowest BCUT2D eigenvalue weighted by atomic mass is 10.2. The third kappa shape index (κ3) is 3.65. The molecular weight excluding hydrogens is 419 g/mol. The molecule has 2 heterocycles. The Morgan fingerprint density at radius 3 is 2.70 bits per heavy atom. The highest BCUT2D eigenvalue weighted by Gasteiger charge is 2.15. The molecule has 0 bridgehead atoms. The highest BCUT2D eigenvalue weighted by atomic mass is 35.5. The predicted molar refractivity (Wildman–Crippen MR) is 116 cm³/mol. The molecule has 2 aromatic heterocycles. The van der Waals surface area contributed by atoms with Crippen LogP contribution in [0.5, 0.6) is 0 Å². The van der Waals surface area contributed by atoms with E-state index in [0.717, 1.165) is 16.8 Å². The molecule has 0 unspecified atom stereocenters. The molecule has 0 spiro atoms. The fourth-order valence-corrected chi connectivity index (χ4v) is 4.92. The first kappa shape index (κ1) is 18.6. The fourth-order valence-electron chi connectivity index (χ4n) is 2.74. The lowest BCUT2D eigenvalue weighted by Crippen LogP contribution is -2.21. The van der Waals surface area contributed by atoms with E-state index in [4.69, 9.17) is 28.2 Å². The maximum Gasteiger partial charge on any atom is 0.276 e. The normalized spacial score (nSPS) is 11.2. The van der Waals surface area contributed by atoms with Gasteiger partial charge in [-0.1, -0.05) is 53.2 Å². The van der Waals surface area contributed by atoms with Gasteiger partial charge in [0.05, 0.1) is 11.2 Å². The maximum atomic E-state index is 13.1. The fraction of sp³-hybridized carbons (Fsp3) is 0.100. The van der Waals surface area contributed by atoms with Gasteiger partial charge in [-0.15, -0.1) is 11.3 Å². The monoisotopic (exact) mass is 432 g/mol. The molecule has 0 aliphatic heterocycles. The van der Waals surface area contributed by atoms with Crippen LogP contribution in [0.25, 0.3) is 15.9 Å². The first-order chi connectivity index (χ1) is 13.0. The van der Waals surface area contributed by atoms with Gasteiger partial charge in [-0.2, -0.15) is 0 Å². The van der Waals surface area contributed by atoms with Crippen molar-refractivity contribution < 1.29 is 0 Å². The molecule has 0 N–H and O–H groups in total. The molecule has 136 valence electrons. The van der Waals surface area contributed by atoms with E-state index in [1.807, 2.05) is 54.8 Å². The number of thioether (sulfide) groups is 1. The molecule has 4 aromatic rings. The summed E-state index contributed by atoms with van der Waals surface area (Å²) < 4.78 is 2.30. The zero-order valence-corrected chi connectivity index (χ0v) is 17.4. The minimum atomic E-state index is -0.0709. The summed E-state index contributed by atoms with van der Waals surface area (Å²) >= 11 is 15.3. The van der Waals surface area contributed by atoms with Gasteiger partial charge in [0.15, 0.2) is 5.16 Å². The van der Waals surface area contributed by atoms with Crippen molar-refractivity contribution in [3.8, 4) is 5.69 Å². The van der Waals surface area contributed by atoms with Gasteiger partial charge in [0.25, 0.3) is 5.56 Å². The molecule has 7 heteroatoms. The Hall–Kier alpha value is -1.79. The van der Waals surface area contributed by atoms with Gasteiger partial charge in [-0.05, 0) is 53.8 Å². The first-order valence-electron chi connectivity index (χ1n) is 8.17. The summed E-state index contributed by atoms with van der Waals surface area (Å²) in [5.41, 5.74) is 3.32. The van der Waals surface area contributed by atoms with E-state index in [0.29, 0.717) is 31.2 Å². The number of fused-ring (bicyclic) bond motifs is 1. The number of halogens is 2. The first-order valence-corrected chi connectivity index (χ1v) is 10.8. The maximum absolute atomic E-state index is 13.1. The number of benzene rings is 2. The summed E-state index contributed by atoms with van der Waals surface area (Å²) in [4.78, 5) is 17.9. The number of hydrogen-bond acceptors (Lipinski definition) is 4. The van der Waals surface area contributed by atoms with Crippen molar-refractivity contribution in [1.29, 1.82) is 0 Å². The van der Waals surface area contributed by atoms with Crippen LogP contribution >= 0.6 is 46.3 Å². The van der Waals surface area contributed by atoms with E-state index in [1.54, 1.807) is 10.6 Å². The Kier molecular flexibility index (Phi) is 5.28. The van der Waals surface area contributed by atoms with Crippen LogP contribution in [-0.2, 0) is 5.75 Å². The largest absolute Gasteiger partial charge is 0.276 e. The number of thiophene rings is 1. The van der Waals surface area contributed by atoms with Gasteiger partial charge in [-0.3, -0.25) is 9.36 Å². The number of aryl methyl sites for hydroxylation is 1. The third-order valence-corrected chi connectivity index (χ3v) is 6.84. The number of hydrogen-bond donors (Lipinski definition) is 0. The zero-order valence-electron chi connectivity index (χ0n) is 14.3. The summed E-state index contributed by atoms with van der Waals surface area (Å²) in [6, 6.07) is 15.1. The highest BCUT2D eigenvalue weighted by molar-refractivity contribution is 7.98.